The molecule has 1 aromatic carbocycles. The van der Waals surface area contributed by atoms with Crippen molar-refractivity contribution in [2.45, 2.75) is 32.7 Å². The van der Waals surface area contributed by atoms with Gasteiger partial charge in [-0.2, -0.15) is 0 Å². The number of carbonyl (C=O) groups excluding carboxylic acids is 1. The van der Waals surface area contributed by atoms with Crippen LogP contribution in [0.15, 0.2) is 36.5 Å². The highest BCUT2D eigenvalue weighted by Crippen LogP contribution is 2.30. The van der Waals surface area contributed by atoms with Crippen LogP contribution in [-0.4, -0.2) is 51.3 Å². The lowest BCUT2D eigenvalue weighted by atomic mass is 9.84. The highest BCUT2D eigenvalue weighted by molar-refractivity contribution is 7.17. The molecule has 1 aliphatic heterocycles. The lowest BCUT2D eigenvalue weighted by Gasteiger charge is -2.38. The second-order valence-electron chi connectivity index (χ2n) is 8.00. The van der Waals surface area contributed by atoms with Crippen LogP contribution in [-0.2, 0) is 11.3 Å². The molecule has 0 radical (unpaired) electrons. The van der Waals surface area contributed by atoms with E-state index in [9.17, 15) is 4.79 Å². The molecule has 2 aromatic heterocycles. The third-order valence-electron chi connectivity index (χ3n) is 6.10. The van der Waals surface area contributed by atoms with E-state index in [2.05, 4.69) is 51.6 Å². The summed E-state index contributed by atoms with van der Waals surface area (Å²) in [6, 6.07) is 10.5. The van der Waals surface area contributed by atoms with Crippen LogP contribution in [0.1, 0.15) is 29.8 Å². The molecule has 3 aromatic rings. The van der Waals surface area contributed by atoms with Crippen molar-refractivity contribution >= 4 is 22.2 Å². The molecule has 2 aliphatic rings. The normalized spacial score (nSPS) is 18.5. The molecule has 28 heavy (non-hydrogen) atoms. The summed E-state index contributed by atoms with van der Waals surface area (Å²) in [6.07, 6.45) is 5.59. The van der Waals surface area contributed by atoms with Gasteiger partial charge in [0.05, 0.1) is 11.4 Å². The first-order valence-corrected chi connectivity index (χ1v) is 11.0. The summed E-state index contributed by atoms with van der Waals surface area (Å²) in [5.41, 5.74) is 3.51. The number of thiazole rings is 1. The lowest BCUT2D eigenvalue weighted by molar-refractivity contribution is -0.140. The van der Waals surface area contributed by atoms with Crippen LogP contribution in [0.4, 0.5) is 0 Å². The fraction of sp³-hybridized carbons (Fsp3) is 0.455. The molecular formula is C22H26N4OS. The van der Waals surface area contributed by atoms with Crippen LogP contribution in [0.2, 0.25) is 0 Å². The summed E-state index contributed by atoms with van der Waals surface area (Å²) >= 11 is 1.74. The Balaban J connectivity index is 1.35. The predicted octanol–water partition coefficient (Wildman–Crippen LogP) is 3.82. The van der Waals surface area contributed by atoms with E-state index < -0.39 is 0 Å². The number of piperazine rings is 1. The zero-order valence-corrected chi connectivity index (χ0v) is 17.1. The van der Waals surface area contributed by atoms with Crippen molar-refractivity contribution in [2.75, 3.05) is 26.2 Å². The third-order valence-corrected chi connectivity index (χ3v) is 7.00. The van der Waals surface area contributed by atoms with E-state index in [0.717, 1.165) is 56.2 Å². The molecule has 0 unspecified atom stereocenters. The van der Waals surface area contributed by atoms with E-state index in [-0.39, 0.29) is 0 Å². The quantitative estimate of drug-likeness (QED) is 0.676. The number of rotatable bonds is 4. The van der Waals surface area contributed by atoms with Gasteiger partial charge >= 0.3 is 0 Å². The molecule has 0 atom stereocenters. The van der Waals surface area contributed by atoms with E-state index in [0.29, 0.717) is 11.8 Å². The first-order chi connectivity index (χ1) is 13.7. The first-order valence-electron chi connectivity index (χ1n) is 10.2. The minimum absolute atomic E-state index is 0.305. The van der Waals surface area contributed by atoms with Crippen LogP contribution in [0.5, 0.6) is 0 Å². The Hall–Kier alpha value is -2.18. The average molecular weight is 395 g/mol. The monoisotopic (exact) mass is 394 g/mol. The number of carbonyl (C=O) groups is 1. The number of aromatic nitrogens is 2. The van der Waals surface area contributed by atoms with Gasteiger partial charge in [0.15, 0.2) is 4.96 Å². The van der Waals surface area contributed by atoms with Crippen molar-refractivity contribution in [2.24, 2.45) is 5.92 Å². The molecule has 0 N–H and O–H groups in total. The van der Waals surface area contributed by atoms with Crippen LogP contribution in [0.25, 0.3) is 16.2 Å². The smallest absolute Gasteiger partial charge is 0.225 e. The second-order valence-corrected chi connectivity index (χ2v) is 9.21. The summed E-state index contributed by atoms with van der Waals surface area (Å²) in [5.74, 6) is 0.690. The molecule has 1 saturated heterocycles. The van der Waals surface area contributed by atoms with E-state index in [1.165, 1.54) is 22.6 Å². The van der Waals surface area contributed by atoms with Gasteiger partial charge in [0.2, 0.25) is 5.91 Å². The van der Waals surface area contributed by atoms with Crippen LogP contribution >= 0.6 is 11.3 Å². The third kappa shape index (κ3) is 3.25. The minimum Gasteiger partial charge on any atom is -0.340 e. The van der Waals surface area contributed by atoms with Gasteiger partial charge in [0, 0.05) is 55.3 Å². The zero-order chi connectivity index (χ0) is 19.1. The summed E-state index contributed by atoms with van der Waals surface area (Å²) < 4.78 is 2.26. The fourth-order valence-corrected chi connectivity index (χ4v) is 5.07. The van der Waals surface area contributed by atoms with Gasteiger partial charge in [-0.1, -0.05) is 36.8 Å². The maximum atomic E-state index is 12.5. The summed E-state index contributed by atoms with van der Waals surface area (Å²) in [5, 5.41) is 0. The molecule has 2 fully saturated rings. The maximum absolute atomic E-state index is 12.5. The van der Waals surface area contributed by atoms with Gasteiger partial charge in [-0.25, -0.2) is 4.98 Å². The van der Waals surface area contributed by atoms with Crippen molar-refractivity contribution in [3.63, 3.8) is 0 Å². The SMILES string of the molecule is Cc1cn2c(CN3CCN(C(=O)C4CCC4)CC3)c(-c3ccccc3)nc2s1. The van der Waals surface area contributed by atoms with Crippen molar-refractivity contribution in [1.29, 1.82) is 0 Å². The number of fused-ring (bicyclic) bond motifs is 1. The molecule has 0 bridgehead atoms. The number of nitrogens with zero attached hydrogens (tertiary/aromatic N) is 4. The highest BCUT2D eigenvalue weighted by atomic mass is 32.1. The van der Waals surface area contributed by atoms with Gasteiger partial charge in [-0.3, -0.25) is 14.1 Å². The van der Waals surface area contributed by atoms with Crippen molar-refractivity contribution in [3.05, 3.63) is 47.1 Å². The molecule has 5 nitrogen and oxygen atoms in total. The first kappa shape index (κ1) is 17.9. The largest absolute Gasteiger partial charge is 0.340 e. The van der Waals surface area contributed by atoms with Crippen molar-refractivity contribution < 1.29 is 4.79 Å². The molecule has 0 spiro atoms. The second kappa shape index (κ2) is 7.33. The van der Waals surface area contributed by atoms with Gasteiger partial charge in [0.1, 0.15) is 0 Å². The average Bonchev–Trinajstić information content (AvgIpc) is 3.19. The van der Waals surface area contributed by atoms with Gasteiger partial charge < -0.3 is 4.90 Å². The Kier molecular flexibility index (Phi) is 4.69. The fourth-order valence-electron chi connectivity index (χ4n) is 4.23. The van der Waals surface area contributed by atoms with Gasteiger partial charge in [-0.15, -0.1) is 11.3 Å². The van der Waals surface area contributed by atoms with E-state index in [4.69, 9.17) is 4.98 Å². The molecule has 1 saturated carbocycles. The summed E-state index contributed by atoms with van der Waals surface area (Å²) in [4.78, 5) is 24.3. The maximum Gasteiger partial charge on any atom is 0.225 e. The number of imidazole rings is 1. The van der Waals surface area contributed by atoms with E-state index >= 15 is 0 Å². The number of aryl methyl sites for hydroxylation is 1. The molecular weight excluding hydrogens is 368 g/mol. The Bertz CT molecular complexity index is 981. The minimum atomic E-state index is 0.305. The van der Waals surface area contributed by atoms with E-state index in [1.54, 1.807) is 11.3 Å². The number of hydrogen-bond acceptors (Lipinski definition) is 4. The Morgan fingerprint density at radius 3 is 2.57 bits per heavy atom. The lowest BCUT2D eigenvalue weighted by Crippen LogP contribution is -2.50. The predicted molar refractivity (Wildman–Crippen MR) is 112 cm³/mol. The summed E-state index contributed by atoms with van der Waals surface area (Å²) in [7, 11) is 0. The number of hydrogen-bond donors (Lipinski definition) is 0. The number of benzene rings is 1. The standard InChI is InChI=1S/C22H26N4OS/c1-16-14-26-19(20(23-22(26)28-16)17-6-3-2-4-7-17)15-24-10-12-25(13-11-24)21(27)18-8-5-9-18/h2-4,6-7,14,18H,5,8-13,15H2,1H3. The van der Waals surface area contributed by atoms with Crippen LogP contribution in [0, 0.1) is 12.8 Å². The molecule has 146 valence electrons. The summed E-state index contributed by atoms with van der Waals surface area (Å²) in [6.45, 7) is 6.57. The Morgan fingerprint density at radius 1 is 1.14 bits per heavy atom. The van der Waals surface area contributed by atoms with E-state index in [1.807, 2.05) is 6.07 Å². The highest BCUT2D eigenvalue weighted by Gasteiger charge is 2.31. The van der Waals surface area contributed by atoms with Gasteiger partial charge in [-0.05, 0) is 19.8 Å². The molecule has 1 amide bonds. The zero-order valence-electron chi connectivity index (χ0n) is 16.3. The van der Waals surface area contributed by atoms with Crippen LogP contribution in [0.3, 0.4) is 0 Å². The van der Waals surface area contributed by atoms with Gasteiger partial charge in [0.25, 0.3) is 0 Å². The molecule has 1 aliphatic carbocycles. The molecule has 5 rings (SSSR count). The topological polar surface area (TPSA) is 40.9 Å². The van der Waals surface area contributed by atoms with Crippen LogP contribution < -0.4 is 0 Å². The number of amides is 1. The van der Waals surface area contributed by atoms with Crippen molar-refractivity contribution in [1.82, 2.24) is 19.2 Å². The molecule has 6 heteroatoms. The van der Waals surface area contributed by atoms with Crippen molar-refractivity contribution in [3.8, 4) is 11.3 Å². The molecule has 3 heterocycles. The Labute approximate surface area is 169 Å². The Morgan fingerprint density at radius 2 is 1.89 bits per heavy atom.